The molecule has 1 aliphatic heterocycles. The van der Waals surface area contributed by atoms with Gasteiger partial charge in [0, 0.05) is 44.5 Å². The SMILES string of the molecule is Cc1nc(NCC(C)C)cc(C(=O)N2CCN(c3ccccc3)CC2)n1. The van der Waals surface area contributed by atoms with Crippen LogP contribution in [0.25, 0.3) is 0 Å². The van der Waals surface area contributed by atoms with E-state index in [0.717, 1.165) is 25.5 Å². The predicted molar refractivity (Wildman–Crippen MR) is 105 cm³/mol. The van der Waals surface area contributed by atoms with Gasteiger partial charge >= 0.3 is 0 Å². The number of piperazine rings is 1. The highest BCUT2D eigenvalue weighted by Gasteiger charge is 2.23. The number of carbonyl (C=O) groups excluding carboxylic acids is 1. The van der Waals surface area contributed by atoms with Crippen LogP contribution in [0.3, 0.4) is 0 Å². The maximum absolute atomic E-state index is 12.9. The molecule has 6 nitrogen and oxygen atoms in total. The summed E-state index contributed by atoms with van der Waals surface area (Å²) in [6.45, 7) is 9.98. The average Bonchev–Trinajstić information content (AvgIpc) is 2.66. The van der Waals surface area contributed by atoms with E-state index >= 15 is 0 Å². The summed E-state index contributed by atoms with van der Waals surface area (Å²) in [7, 11) is 0. The third-order valence-corrected chi connectivity index (χ3v) is 4.44. The maximum Gasteiger partial charge on any atom is 0.272 e. The van der Waals surface area contributed by atoms with E-state index in [4.69, 9.17) is 0 Å². The Morgan fingerprint density at radius 1 is 1.12 bits per heavy atom. The molecule has 138 valence electrons. The highest BCUT2D eigenvalue weighted by molar-refractivity contribution is 5.93. The summed E-state index contributed by atoms with van der Waals surface area (Å²) >= 11 is 0. The minimum absolute atomic E-state index is 0.0178. The number of anilines is 2. The van der Waals surface area contributed by atoms with E-state index in [1.165, 1.54) is 5.69 Å². The summed E-state index contributed by atoms with van der Waals surface area (Å²) in [4.78, 5) is 25.8. The van der Waals surface area contributed by atoms with Crippen molar-refractivity contribution >= 4 is 17.4 Å². The van der Waals surface area contributed by atoms with Crippen molar-refractivity contribution in [1.82, 2.24) is 14.9 Å². The smallest absolute Gasteiger partial charge is 0.272 e. The predicted octanol–water partition coefficient (Wildman–Crippen LogP) is 2.82. The van der Waals surface area contributed by atoms with Crippen LogP contribution in [-0.2, 0) is 0 Å². The molecule has 0 saturated carbocycles. The lowest BCUT2D eigenvalue weighted by molar-refractivity contribution is 0.0740. The molecule has 1 aliphatic rings. The van der Waals surface area contributed by atoms with Gasteiger partial charge in [0.2, 0.25) is 0 Å². The Balaban J connectivity index is 1.65. The topological polar surface area (TPSA) is 61.4 Å². The van der Waals surface area contributed by atoms with Crippen LogP contribution in [-0.4, -0.2) is 53.5 Å². The van der Waals surface area contributed by atoms with Crippen LogP contribution in [0, 0.1) is 12.8 Å². The number of aryl methyl sites for hydroxylation is 1. The monoisotopic (exact) mass is 353 g/mol. The normalized spacial score (nSPS) is 14.6. The quantitative estimate of drug-likeness (QED) is 0.896. The van der Waals surface area contributed by atoms with Crippen LogP contribution < -0.4 is 10.2 Å². The number of nitrogens with zero attached hydrogens (tertiary/aromatic N) is 4. The molecule has 0 aliphatic carbocycles. The summed E-state index contributed by atoms with van der Waals surface area (Å²) in [6, 6.07) is 12.1. The Bertz CT molecular complexity index is 739. The van der Waals surface area contributed by atoms with Crippen molar-refractivity contribution in [3.63, 3.8) is 0 Å². The molecule has 0 spiro atoms. The van der Waals surface area contributed by atoms with Gasteiger partial charge in [0.25, 0.3) is 5.91 Å². The molecule has 6 heteroatoms. The molecular formula is C20H27N5O. The molecule has 26 heavy (non-hydrogen) atoms. The Morgan fingerprint density at radius 2 is 1.81 bits per heavy atom. The largest absolute Gasteiger partial charge is 0.370 e. The molecule has 2 aromatic rings. The second kappa shape index (κ2) is 8.17. The number of hydrogen-bond acceptors (Lipinski definition) is 5. The van der Waals surface area contributed by atoms with Crippen LogP contribution in [0.2, 0.25) is 0 Å². The second-order valence-electron chi connectivity index (χ2n) is 7.08. The first-order valence-corrected chi connectivity index (χ1v) is 9.22. The van der Waals surface area contributed by atoms with Crippen molar-refractivity contribution in [1.29, 1.82) is 0 Å². The molecule has 3 rings (SSSR count). The first kappa shape index (κ1) is 18.2. The number of carbonyl (C=O) groups is 1. The van der Waals surface area contributed by atoms with Gasteiger partial charge in [0.1, 0.15) is 17.3 Å². The molecule has 0 atom stereocenters. The van der Waals surface area contributed by atoms with Gasteiger partial charge in [0.15, 0.2) is 0 Å². The van der Waals surface area contributed by atoms with Gasteiger partial charge in [-0.05, 0) is 25.0 Å². The fourth-order valence-electron chi connectivity index (χ4n) is 3.05. The van der Waals surface area contributed by atoms with E-state index in [1.54, 1.807) is 6.07 Å². The maximum atomic E-state index is 12.9. The van der Waals surface area contributed by atoms with Crippen LogP contribution in [0.1, 0.15) is 30.2 Å². The number of para-hydroxylation sites is 1. The molecule has 1 N–H and O–H groups in total. The van der Waals surface area contributed by atoms with Gasteiger partial charge in [-0.25, -0.2) is 9.97 Å². The Kier molecular flexibility index (Phi) is 5.71. The summed E-state index contributed by atoms with van der Waals surface area (Å²) in [5.41, 5.74) is 1.68. The number of amides is 1. The average molecular weight is 353 g/mol. The highest BCUT2D eigenvalue weighted by atomic mass is 16.2. The Morgan fingerprint density at radius 3 is 2.46 bits per heavy atom. The lowest BCUT2D eigenvalue weighted by Gasteiger charge is -2.36. The summed E-state index contributed by atoms with van der Waals surface area (Å²) in [6.07, 6.45) is 0. The second-order valence-corrected chi connectivity index (χ2v) is 7.08. The van der Waals surface area contributed by atoms with Crippen LogP contribution >= 0.6 is 0 Å². The van der Waals surface area contributed by atoms with E-state index in [9.17, 15) is 4.79 Å². The number of rotatable bonds is 5. The Labute approximate surface area is 155 Å². The van der Waals surface area contributed by atoms with Gasteiger partial charge in [-0.2, -0.15) is 0 Å². The van der Waals surface area contributed by atoms with Crippen molar-refractivity contribution in [2.75, 3.05) is 42.9 Å². The molecule has 1 amide bonds. The highest BCUT2D eigenvalue weighted by Crippen LogP contribution is 2.17. The third kappa shape index (κ3) is 4.50. The molecule has 1 aromatic heterocycles. The number of nitrogens with one attached hydrogen (secondary N) is 1. The first-order valence-electron chi connectivity index (χ1n) is 9.22. The van der Waals surface area contributed by atoms with Gasteiger partial charge in [-0.15, -0.1) is 0 Å². The summed E-state index contributed by atoms with van der Waals surface area (Å²) in [5.74, 6) is 1.83. The van der Waals surface area contributed by atoms with Crippen LogP contribution in [0.5, 0.6) is 0 Å². The molecule has 0 radical (unpaired) electrons. The van der Waals surface area contributed by atoms with E-state index in [2.05, 4.69) is 46.2 Å². The molecule has 0 unspecified atom stereocenters. The third-order valence-electron chi connectivity index (χ3n) is 4.44. The fourth-order valence-corrected chi connectivity index (χ4v) is 3.05. The summed E-state index contributed by atoms with van der Waals surface area (Å²) in [5, 5.41) is 3.28. The van der Waals surface area contributed by atoms with E-state index in [1.807, 2.05) is 30.0 Å². The summed E-state index contributed by atoms with van der Waals surface area (Å²) < 4.78 is 0. The molecule has 1 fully saturated rings. The van der Waals surface area contributed by atoms with E-state index in [-0.39, 0.29) is 5.91 Å². The standard InChI is InChI=1S/C20H27N5O/c1-15(2)14-21-19-13-18(22-16(3)23-19)20(26)25-11-9-24(10-12-25)17-7-5-4-6-8-17/h4-8,13,15H,9-12,14H2,1-3H3,(H,21,22,23). The lowest BCUT2D eigenvalue weighted by Crippen LogP contribution is -2.49. The van der Waals surface area contributed by atoms with Gasteiger partial charge in [0.05, 0.1) is 0 Å². The van der Waals surface area contributed by atoms with Crippen molar-refractivity contribution in [3.05, 3.63) is 47.9 Å². The number of aromatic nitrogens is 2. The molecule has 1 aromatic carbocycles. The Hall–Kier alpha value is -2.63. The van der Waals surface area contributed by atoms with Crippen LogP contribution in [0.15, 0.2) is 36.4 Å². The van der Waals surface area contributed by atoms with Crippen molar-refractivity contribution < 1.29 is 4.79 Å². The molecule has 1 saturated heterocycles. The van der Waals surface area contributed by atoms with Crippen molar-refractivity contribution in [3.8, 4) is 0 Å². The number of benzene rings is 1. The van der Waals surface area contributed by atoms with Gasteiger partial charge < -0.3 is 15.1 Å². The van der Waals surface area contributed by atoms with E-state index < -0.39 is 0 Å². The van der Waals surface area contributed by atoms with Crippen LogP contribution in [0.4, 0.5) is 11.5 Å². The fraction of sp³-hybridized carbons (Fsp3) is 0.450. The zero-order valence-corrected chi connectivity index (χ0v) is 15.8. The van der Waals surface area contributed by atoms with Crippen molar-refractivity contribution in [2.24, 2.45) is 5.92 Å². The minimum Gasteiger partial charge on any atom is -0.370 e. The lowest BCUT2D eigenvalue weighted by atomic mass is 10.2. The van der Waals surface area contributed by atoms with Gasteiger partial charge in [-0.1, -0.05) is 32.0 Å². The molecule has 0 bridgehead atoms. The van der Waals surface area contributed by atoms with E-state index in [0.29, 0.717) is 30.5 Å². The zero-order chi connectivity index (χ0) is 18.5. The zero-order valence-electron chi connectivity index (χ0n) is 15.8. The van der Waals surface area contributed by atoms with Gasteiger partial charge in [-0.3, -0.25) is 4.79 Å². The first-order chi connectivity index (χ1) is 12.5. The molecular weight excluding hydrogens is 326 g/mol. The minimum atomic E-state index is -0.0178. The van der Waals surface area contributed by atoms with Crippen molar-refractivity contribution in [2.45, 2.75) is 20.8 Å². The molecule has 2 heterocycles. The number of hydrogen-bond donors (Lipinski definition) is 1.